The monoisotopic (exact) mass is 793 g/mol. The van der Waals surface area contributed by atoms with Crippen LogP contribution in [0.5, 0.6) is 0 Å². The molecule has 0 aliphatic heterocycles. The first-order valence-corrected chi connectivity index (χ1v) is 21.4. The van der Waals surface area contributed by atoms with E-state index < -0.39 is 0 Å². The van der Waals surface area contributed by atoms with Gasteiger partial charge in [-0.3, -0.25) is 0 Å². The largest absolute Gasteiger partial charge is 0.208 e. The Morgan fingerprint density at radius 3 is 1.48 bits per heavy atom. The molecule has 3 nitrogen and oxygen atoms in total. The molecule has 12 aromatic rings. The molecule has 10 aromatic carbocycles. The summed E-state index contributed by atoms with van der Waals surface area (Å²) in [5.41, 5.74) is 9.88. The molecule has 2 heterocycles. The number of thiophene rings is 1. The summed E-state index contributed by atoms with van der Waals surface area (Å²) < 4.78 is 2.60. The van der Waals surface area contributed by atoms with E-state index in [1.807, 2.05) is 17.4 Å². The molecule has 0 aliphatic carbocycles. The molecule has 0 saturated heterocycles. The van der Waals surface area contributed by atoms with E-state index in [2.05, 4.69) is 206 Å². The number of nitrogens with zero attached hydrogens (tertiary/aromatic N) is 3. The molecule has 0 saturated carbocycles. The van der Waals surface area contributed by atoms with Crippen molar-refractivity contribution in [3.63, 3.8) is 0 Å². The van der Waals surface area contributed by atoms with Crippen molar-refractivity contribution in [2.24, 2.45) is 0 Å². The highest BCUT2D eigenvalue weighted by atomic mass is 32.1. The third kappa shape index (κ3) is 6.16. The Balaban J connectivity index is 0.967. The van der Waals surface area contributed by atoms with E-state index in [-0.39, 0.29) is 0 Å². The van der Waals surface area contributed by atoms with E-state index >= 15 is 0 Å². The van der Waals surface area contributed by atoms with Crippen LogP contribution in [0.25, 0.3) is 120 Å². The highest BCUT2D eigenvalue weighted by Crippen LogP contribution is 2.42. The molecule has 0 unspecified atom stereocenters. The van der Waals surface area contributed by atoms with Crippen molar-refractivity contribution < 1.29 is 0 Å². The second-order valence-corrected chi connectivity index (χ2v) is 16.6. The van der Waals surface area contributed by atoms with Crippen LogP contribution in [-0.2, 0) is 0 Å². The van der Waals surface area contributed by atoms with Gasteiger partial charge in [0, 0.05) is 36.9 Å². The molecule has 0 atom stereocenters. The Kier molecular flexibility index (Phi) is 8.36. The molecule has 61 heavy (non-hydrogen) atoms. The summed E-state index contributed by atoms with van der Waals surface area (Å²) in [5.74, 6) is 1.90. The Labute approximate surface area is 356 Å². The quantitative estimate of drug-likeness (QED) is 0.124. The first kappa shape index (κ1) is 35.2. The van der Waals surface area contributed by atoms with E-state index in [4.69, 9.17) is 15.0 Å². The van der Waals surface area contributed by atoms with Crippen LogP contribution >= 0.6 is 11.3 Å². The average molecular weight is 794 g/mol. The van der Waals surface area contributed by atoms with Crippen LogP contribution in [0.2, 0.25) is 0 Å². The smallest absolute Gasteiger partial charge is 0.164 e. The zero-order chi connectivity index (χ0) is 40.3. The second kappa shape index (κ2) is 14.5. The van der Waals surface area contributed by atoms with Gasteiger partial charge in [0.2, 0.25) is 0 Å². The van der Waals surface area contributed by atoms with Crippen molar-refractivity contribution in [1.82, 2.24) is 15.0 Å². The van der Waals surface area contributed by atoms with Crippen LogP contribution in [0, 0.1) is 0 Å². The molecular formula is C57H35N3S. The highest BCUT2D eigenvalue weighted by Gasteiger charge is 2.17. The van der Waals surface area contributed by atoms with Gasteiger partial charge in [-0.1, -0.05) is 200 Å². The molecule has 4 heteroatoms. The molecule has 0 N–H and O–H groups in total. The normalized spacial score (nSPS) is 11.6. The van der Waals surface area contributed by atoms with Crippen molar-refractivity contribution in [2.75, 3.05) is 0 Å². The molecule has 0 amide bonds. The number of fused-ring (bicyclic) bond motifs is 7. The SMILES string of the molecule is c1ccc(-c2ccc(-c3nc(-c4ccc(-c5c6ccccc6cc6c5ccc5ccccc56)cc4)nc(-c4ccc(-c5cccc6c5sc5ccccc56)cc4)n3)cc2)cc1. The highest BCUT2D eigenvalue weighted by molar-refractivity contribution is 7.26. The van der Waals surface area contributed by atoms with Gasteiger partial charge in [0.15, 0.2) is 17.5 Å². The minimum absolute atomic E-state index is 0.631. The zero-order valence-electron chi connectivity index (χ0n) is 33.0. The van der Waals surface area contributed by atoms with Crippen molar-refractivity contribution in [3.8, 4) is 67.5 Å². The lowest BCUT2D eigenvalue weighted by atomic mass is 9.89. The lowest BCUT2D eigenvalue weighted by Gasteiger charge is -2.14. The fourth-order valence-corrected chi connectivity index (χ4v) is 10.1. The van der Waals surface area contributed by atoms with Gasteiger partial charge in [0.1, 0.15) is 0 Å². The van der Waals surface area contributed by atoms with E-state index in [0.29, 0.717) is 17.5 Å². The summed E-state index contributed by atoms with van der Waals surface area (Å²) in [6.07, 6.45) is 0. The van der Waals surface area contributed by atoms with Gasteiger partial charge >= 0.3 is 0 Å². The Morgan fingerprint density at radius 2 is 0.787 bits per heavy atom. The van der Waals surface area contributed by atoms with Gasteiger partial charge in [-0.2, -0.15) is 0 Å². The second-order valence-electron chi connectivity index (χ2n) is 15.5. The molecular weight excluding hydrogens is 759 g/mol. The van der Waals surface area contributed by atoms with E-state index in [9.17, 15) is 0 Å². The number of hydrogen-bond acceptors (Lipinski definition) is 4. The van der Waals surface area contributed by atoms with Gasteiger partial charge in [0.25, 0.3) is 0 Å². The van der Waals surface area contributed by atoms with Gasteiger partial charge < -0.3 is 0 Å². The van der Waals surface area contributed by atoms with E-state index in [1.165, 1.54) is 69.2 Å². The number of hydrogen-bond donors (Lipinski definition) is 0. The Hall–Kier alpha value is -7.79. The zero-order valence-corrected chi connectivity index (χ0v) is 33.8. The molecule has 12 rings (SSSR count). The fourth-order valence-electron chi connectivity index (χ4n) is 8.90. The maximum atomic E-state index is 5.16. The standard InChI is InChI=1S/C57H35N3S/c1-2-11-36(12-3-1)37-21-27-41(28-22-37)55-58-56(42-29-23-39(24-30-42)47-18-10-19-50-48-17-8-9-20-52(48)61-54(47)50)60-57(59-55)43-31-25-40(26-32-43)53-46-16-7-5-14-44(46)35-51-45-15-6-4-13-38(45)33-34-49(51)53/h1-35H. The molecule has 284 valence electrons. The van der Waals surface area contributed by atoms with Gasteiger partial charge in [-0.05, 0) is 77.8 Å². The summed E-state index contributed by atoms with van der Waals surface area (Å²) >= 11 is 1.85. The number of rotatable bonds is 6. The van der Waals surface area contributed by atoms with Crippen LogP contribution < -0.4 is 0 Å². The maximum Gasteiger partial charge on any atom is 0.164 e. The molecule has 0 fully saturated rings. The van der Waals surface area contributed by atoms with E-state index in [0.717, 1.165) is 33.4 Å². The van der Waals surface area contributed by atoms with Crippen LogP contribution in [0.1, 0.15) is 0 Å². The minimum Gasteiger partial charge on any atom is -0.208 e. The molecule has 0 aliphatic rings. The summed E-state index contributed by atoms with van der Waals surface area (Å²) in [6, 6.07) is 75.8. The van der Waals surface area contributed by atoms with Crippen LogP contribution in [0.4, 0.5) is 0 Å². The van der Waals surface area contributed by atoms with Crippen LogP contribution in [-0.4, -0.2) is 15.0 Å². The predicted molar refractivity (Wildman–Crippen MR) is 258 cm³/mol. The number of aromatic nitrogens is 3. The van der Waals surface area contributed by atoms with E-state index in [1.54, 1.807) is 0 Å². The molecule has 0 radical (unpaired) electrons. The van der Waals surface area contributed by atoms with Crippen molar-refractivity contribution in [3.05, 3.63) is 212 Å². The third-order valence-electron chi connectivity index (χ3n) is 11.9. The lowest BCUT2D eigenvalue weighted by Crippen LogP contribution is -2.00. The summed E-state index contributed by atoms with van der Waals surface area (Å²) in [6.45, 7) is 0. The fraction of sp³-hybridized carbons (Fsp3) is 0. The Bertz CT molecular complexity index is 3610. The lowest BCUT2D eigenvalue weighted by molar-refractivity contribution is 1.07. The predicted octanol–water partition coefficient (Wildman–Crippen LogP) is 15.7. The first-order chi connectivity index (χ1) is 30.2. The summed E-state index contributed by atoms with van der Waals surface area (Å²) in [5, 5.41) is 10.0. The maximum absolute atomic E-state index is 5.16. The Morgan fingerprint density at radius 1 is 0.279 bits per heavy atom. The van der Waals surface area contributed by atoms with Crippen molar-refractivity contribution >= 4 is 63.8 Å². The summed E-state index contributed by atoms with van der Waals surface area (Å²) in [4.78, 5) is 15.4. The molecule has 2 aromatic heterocycles. The average Bonchev–Trinajstić information content (AvgIpc) is 3.73. The van der Waals surface area contributed by atoms with Crippen molar-refractivity contribution in [1.29, 1.82) is 0 Å². The third-order valence-corrected chi connectivity index (χ3v) is 13.2. The topological polar surface area (TPSA) is 38.7 Å². The van der Waals surface area contributed by atoms with Crippen molar-refractivity contribution in [2.45, 2.75) is 0 Å². The summed E-state index contributed by atoms with van der Waals surface area (Å²) in [7, 11) is 0. The van der Waals surface area contributed by atoms with Gasteiger partial charge in [0.05, 0.1) is 0 Å². The molecule has 0 spiro atoms. The molecule has 0 bridgehead atoms. The van der Waals surface area contributed by atoms with Gasteiger partial charge in [-0.15, -0.1) is 11.3 Å². The minimum atomic E-state index is 0.631. The van der Waals surface area contributed by atoms with Crippen LogP contribution in [0.15, 0.2) is 212 Å². The van der Waals surface area contributed by atoms with Crippen LogP contribution in [0.3, 0.4) is 0 Å². The first-order valence-electron chi connectivity index (χ1n) is 20.6. The number of benzene rings is 10. The van der Waals surface area contributed by atoms with Gasteiger partial charge in [-0.25, -0.2) is 15.0 Å².